The second-order valence-corrected chi connectivity index (χ2v) is 7.73. The summed E-state index contributed by atoms with van der Waals surface area (Å²) in [6, 6.07) is 5.34. The maximum Gasteiger partial charge on any atom is 0.255 e. The van der Waals surface area contributed by atoms with Crippen molar-refractivity contribution in [2.75, 3.05) is 24.7 Å². The molecule has 2 unspecified atom stereocenters. The van der Waals surface area contributed by atoms with Crippen molar-refractivity contribution in [3.8, 4) is 0 Å². The van der Waals surface area contributed by atoms with Gasteiger partial charge in [0.2, 0.25) is 0 Å². The first-order valence-electron chi connectivity index (χ1n) is 7.60. The van der Waals surface area contributed by atoms with Gasteiger partial charge in [0.05, 0.1) is 16.7 Å². The van der Waals surface area contributed by atoms with Gasteiger partial charge in [-0.1, -0.05) is 23.2 Å². The number of nitrogens with zero attached hydrogens (tertiary/aromatic N) is 1. The van der Waals surface area contributed by atoms with Gasteiger partial charge < -0.3 is 9.64 Å². The lowest BCUT2D eigenvalue weighted by Crippen LogP contribution is -2.44. The van der Waals surface area contributed by atoms with Crippen molar-refractivity contribution >= 4 is 40.9 Å². The zero-order valence-electron chi connectivity index (χ0n) is 12.3. The van der Waals surface area contributed by atoms with Crippen LogP contribution in [-0.4, -0.2) is 47.6 Å². The van der Waals surface area contributed by atoms with E-state index in [9.17, 15) is 4.79 Å². The van der Waals surface area contributed by atoms with E-state index in [0.717, 1.165) is 37.4 Å². The van der Waals surface area contributed by atoms with Crippen LogP contribution in [-0.2, 0) is 4.74 Å². The third-order valence-electron chi connectivity index (χ3n) is 4.19. The first kappa shape index (κ1) is 16.4. The maximum atomic E-state index is 13.0. The molecular weight excluding hydrogens is 341 g/mol. The lowest BCUT2D eigenvalue weighted by atomic mass is 10.1. The molecule has 1 amide bonds. The average molecular weight is 360 g/mol. The number of ether oxygens (including phenoxy) is 1. The van der Waals surface area contributed by atoms with Gasteiger partial charge in [-0.05, 0) is 43.2 Å². The molecule has 0 radical (unpaired) electrons. The molecule has 2 aliphatic heterocycles. The number of rotatable bonds is 4. The maximum absolute atomic E-state index is 13.0. The Labute approximate surface area is 145 Å². The summed E-state index contributed by atoms with van der Waals surface area (Å²) < 4.78 is 5.72. The molecule has 120 valence electrons. The van der Waals surface area contributed by atoms with Crippen molar-refractivity contribution in [3.05, 3.63) is 33.8 Å². The van der Waals surface area contributed by atoms with Crippen molar-refractivity contribution < 1.29 is 9.53 Å². The van der Waals surface area contributed by atoms with Crippen LogP contribution in [0.3, 0.4) is 0 Å². The highest BCUT2D eigenvalue weighted by molar-refractivity contribution is 7.99. The Morgan fingerprint density at radius 2 is 2.23 bits per heavy atom. The molecule has 0 spiro atoms. The van der Waals surface area contributed by atoms with Gasteiger partial charge in [0.15, 0.2) is 0 Å². The predicted octanol–water partition coefficient (Wildman–Crippen LogP) is 4.12. The third kappa shape index (κ3) is 3.73. The van der Waals surface area contributed by atoms with Gasteiger partial charge in [-0.2, -0.15) is 11.8 Å². The van der Waals surface area contributed by atoms with Crippen LogP contribution in [0.15, 0.2) is 18.2 Å². The fourth-order valence-electron chi connectivity index (χ4n) is 2.99. The van der Waals surface area contributed by atoms with Crippen molar-refractivity contribution in [2.24, 2.45) is 0 Å². The molecule has 22 heavy (non-hydrogen) atoms. The Morgan fingerprint density at radius 3 is 2.86 bits per heavy atom. The van der Waals surface area contributed by atoms with E-state index in [1.165, 1.54) is 0 Å². The Bertz CT molecular complexity index is 543. The number of hydrogen-bond donors (Lipinski definition) is 0. The van der Waals surface area contributed by atoms with Crippen molar-refractivity contribution in [2.45, 2.75) is 31.4 Å². The van der Waals surface area contributed by atoms with Crippen LogP contribution in [0, 0.1) is 0 Å². The van der Waals surface area contributed by atoms with Crippen molar-refractivity contribution in [1.82, 2.24) is 4.90 Å². The zero-order valence-corrected chi connectivity index (χ0v) is 14.6. The van der Waals surface area contributed by atoms with Gasteiger partial charge >= 0.3 is 0 Å². The Balaban J connectivity index is 1.81. The number of thioether (sulfide) groups is 1. The van der Waals surface area contributed by atoms with Crippen LogP contribution >= 0.6 is 35.0 Å². The van der Waals surface area contributed by atoms with Gasteiger partial charge in [0.1, 0.15) is 0 Å². The van der Waals surface area contributed by atoms with Crippen LogP contribution < -0.4 is 0 Å². The molecule has 3 nitrogen and oxygen atoms in total. The minimum atomic E-state index is -0.00957. The lowest BCUT2D eigenvalue weighted by molar-refractivity contribution is 0.0442. The quantitative estimate of drug-likeness (QED) is 0.809. The average Bonchev–Trinajstić information content (AvgIpc) is 3.17. The first-order valence-corrected chi connectivity index (χ1v) is 9.51. The van der Waals surface area contributed by atoms with E-state index in [0.29, 0.717) is 22.2 Å². The highest BCUT2D eigenvalue weighted by Crippen LogP contribution is 2.28. The van der Waals surface area contributed by atoms with E-state index in [1.54, 1.807) is 18.2 Å². The molecule has 2 atom stereocenters. The fourth-order valence-corrected chi connectivity index (χ4v) is 4.70. The van der Waals surface area contributed by atoms with E-state index >= 15 is 0 Å². The zero-order chi connectivity index (χ0) is 15.5. The summed E-state index contributed by atoms with van der Waals surface area (Å²) in [6.45, 7) is 1.46. The van der Waals surface area contributed by atoms with E-state index < -0.39 is 0 Å². The van der Waals surface area contributed by atoms with Gasteiger partial charge in [0.25, 0.3) is 5.91 Å². The second-order valence-electron chi connectivity index (χ2n) is 5.73. The molecule has 2 aliphatic rings. The largest absolute Gasteiger partial charge is 0.376 e. The van der Waals surface area contributed by atoms with Crippen LogP contribution in [0.4, 0.5) is 0 Å². The number of carbonyl (C=O) groups is 1. The molecule has 2 fully saturated rings. The van der Waals surface area contributed by atoms with Crippen LogP contribution in [0.2, 0.25) is 10.0 Å². The highest BCUT2D eigenvalue weighted by Gasteiger charge is 2.31. The number of carbonyl (C=O) groups excluding carboxylic acids is 1. The first-order chi connectivity index (χ1) is 10.6. The molecule has 0 aliphatic carbocycles. The molecule has 6 heteroatoms. The summed E-state index contributed by atoms with van der Waals surface area (Å²) in [5.74, 6) is 2.09. The second kappa shape index (κ2) is 7.43. The van der Waals surface area contributed by atoms with Gasteiger partial charge in [-0.15, -0.1) is 0 Å². The number of benzene rings is 1. The molecule has 0 aromatic heterocycles. The lowest BCUT2D eigenvalue weighted by Gasteiger charge is -2.31. The topological polar surface area (TPSA) is 29.5 Å². The van der Waals surface area contributed by atoms with E-state index in [4.69, 9.17) is 27.9 Å². The Hall–Kier alpha value is -0.420. The monoisotopic (exact) mass is 359 g/mol. The molecule has 1 aromatic carbocycles. The fraction of sp³-hybridized carbons (Fsp3) is 0.562. The molecule has 0 bridgehead atoms. The van der Waals surface area contributed by atoms with Crippen LogP contribution in [0.5, 0.6) is 0 Å². The highest BCUT2D eigenvalue weighted by atomic mass is 35.5. The predicted molar refractivity (Wildman–Crippen MR) is 92.2 cm³/mol. The molecule has 2 heterocycles. The summed E-state index contributed by atoms with van der Waals surface area (Å²) in [4.78, 5) is 14.9. The Morgan fingerprint density at radius 1 is 1.36 bits per heavy atom. The summed E-state index contributed by atoms with van der Waals surface area (Å²) in [5, 5.41) is 0.962. The normalized spacial score (nSPS) is 24.6. The molecule has 0 saturated carbocycles. The van der Waals surface area contributed by atoms with Crippen LogP contribution in [0.25, 0.3) is 0 Å². The summed E-state index contributed by atoms with van der Waals surface area (Å²) in [7, 11) is 0. The molecule has 0 N–H and O–H groups in total. The minimum absolute atomic E-state index is 0.00957. The molecular formula is C16H19Cl2NO2S. The summed E-state index contributed by atoms with van der Waals surface area (Å²) >= 11 is 14.1. The van der Waals surface area contributed by atoms with Crippen LogP contribution in [0.1, 0.15) is 29.6 Å². The molecule has 1 aromatic rings. The Kier molecular flexibility index (Phi) is 5.55. The number of hydrogen-bond acceptors (Lipinski definition) is 3. The van der Waals surface area contributed by atoms with Crippen molar-refractivity contribution in [1.29, 1.82) is 0 Å². The number of amides is 1. The minimum Gasteiger partial charge on any atom is -0.376 e. The summed E-state index contributed by atoms with van der Waals surface area (Å²) in [6.07, 6.45) is 3.29. The standard InChI is InChI=1S/C16H19Cl2NO2S/c17-11-3-4-14(15(18)8-11)16(20)19(12-5-7-22-10-12)9-13-2-1-6-21-13/h3-4,8,12-13H,1-2,5-7,9-10H2. The van der Waals surface area contributed by atoms with E-state index in [2.05, 4.69) is 0 Å². The van der Waals surface area contributed by atoms with Gasteiger partial charge in [-0.25, -0.2) is 0 Å². The molecule has 3 rings (SSSR count). The van der Waals surface area contributed by atoms with E-state index in [1.807, 2.05) is 16.7 Å². The molecule has 2 saturated heterocycles. The smallest absolute Gasteiger partial charge is 0.255 e. The van der Waals surface area contributed by atoms with Crippen molar-refractivity contribution in [3.63, 3.8) is 0 Å². The SMILES string of the molecule is O=C(c1ccc(Cl)cc1Cl)N(CC1CCCO1)C1CCSC1. The van der Waals surface area contributed by atoms with Gasteiger partial charge in [0, 0.05) is 30.0 Å². The summed E-state index contributed by atoms with van der Waals surface area (Å²) in [5.41, 5.74) is 0.529. The van der Waals surface area contributed by atoms with Gasteiger partial charge in [-0.3, -0.25) is 4.79 Å². The van der Waals surface area contributed by atoms with E-state index in [-0.39, 0.29) is 18.1 Å². The third-order valence-corrected chi connectivity index (χ3v) is 5.89. The number of halogens is 2.